The van der Waals surface area contributed by atoms with E-state index in [4.69, 9.17) is 14.2 Å². The van der Waals surface area contributed by atoms with Gasteiger partial charge in [0.15, 0.2) is 10.5 Å². The number of carbonyl (C=O) groups excluding carboxylic acids is 1. The van der Waals surface area contributed by atoms with Crippen molar-refractivity contribution >= 4 is 34.2 Å². The van der Waals surface area contributed by atoms with E-state index in [0.717, 1.165) is 21.5 Å². The third-order valence-electron chi connectivity index (χ3n) is 7.52. The lowest BCUT2D eigenvalue weighted by atomic mass is 9.90. The van der Waals surface area contributed by atoms with E-state index in [1.165, 1.54) is 32.2 Å². The molecule has 0 fully saturated rings. The maximum atomic E-state index is 14.6. The Morgan fingerprint density at radius 2 is 1.72 bits per heavy atom. The number of hydrogen-bond donors (Lipinski definition) is 0. The van der Waals surface area contributed by atoms with Crippen molar-refractivity contribution in [2.45, 2.75) is 25.7 Å². The average molecular weight is 663 g/mol. The van der Waals surface area contributed by atoms with Gasteiger partial charge in [-0.1, -0.05) is 65.9 Å². The van der Waals surface area contributed by atoms with E-state index in [-0.39, 0.29) is 39.7 Å². The van der Waals surface area contributed by atoms with Gasteiger partial charge in [0, 0.05) is 5.56 Å². The first-order chi connectivity index (χ1) is 22.6. The second kappa shape index (κ2) is 12.9. The molecule has 4 aromatic carbocycles. The molecule has 240 valence electrons. The molecule has 0 saturated carbocycles. The number of esters is 1. The van der Waals surface area contributed by atoms with Crippen LogP contribution >= 0.6 is 11.3 Å². The third-order valence-corrected chi connectivity index (χ3v) is 8.50. The van der Waals surface area contributed by atoms with Crippen LogP contribution in [0, 0.1) is 5.82 Å². The number of hydrogen-bond acceptors (Lipinski definition) is 7. The summed E-state index contributed by atoms with van der Waals surface area (Å²) in [6.45, 7) is 1.49. The second-order valence-electron chi connectivity index (χ2n) is 10.5. The number of benzene rings is 4. The summed E-state index contributed by atoms with van der Waals surface area (Å²) in [5.74, 6) is -0.888. The Morgan fingerprint density at radius 3 is 2.40 bits per heavy atom. The van der Waals surface area contributed by atoms with E-state index < -0.39 is 35.0 Å². The highest BCUT2D eigenvalue weighted by Gasteiger charge is 2.46. The Labute approximate surface area is 269 Å². The quantitative estimate of drug-likeness (QED) is 0.146. The minimum atomic E-state index is -5.04. The van der Waals surface area contributed by atoms with Gasteiger partial charge in [-0.2, -0.15) is 13.2 Å². The standard InChI is InChI=1S/C35H26F4N2O5S/c1-3-45-33(43)29-30(28-25-7-5-4-6-22(25)12-17-26(28)44-2)41-32(42)27(47-34(41)40-31(29)35(37,38)39)18-20-10-15-24(16-11-20)46-19-21-8-13-23(36)14-9-21/h4-18,30H,3,19H2,1-2H3/b27-18-/t30-/m1/s1. The Kier molecular flexibility index (Phi) is 8.69. The molecule has 47 heavy (non-hydrogen) atoms. The maximum absolute atomic E-state index is 14.6. The van der Waals surface area contributed by atoms with Gasteiger partial charge in [0.05, 0.1) is 23.8 Å². The molecule has 0 N–H and O–H groups in total. The lowest BCUT2D eigenvalue weighted by molar-refractivity contribution is -0.140. The van der Waals surface area contributed by atoms with Crippen LogP contribution in [0.15, 0.2) is 106 Å². The summed E-state index contributed by atoms with van der Waals surface area (Å²) < 4.78 is 74.8. The molecule has 1 atom stereocenters. The van der Waals surface area contributed by atoms with Gasteiger partial charge in [-0.3, -0.25) is 9.36 Å². The second-order valence-corrected chi connectivity index (χ2v) is 11.5. The molecule has 1 aliphatic heterocycles. The number of ether oxygens (including phenoxy) is 3. The molecule has 0 aliphatic carbocycles. The number of allylic oxidation sites excluding steroid dienone is 1. The number of carbonyl (C=O) groups is 1. The van der Waals surface area contributed by atoms with Gasteiger partial charge in [-0.15, -0.1) is 0 Å². The van der Waals surface area contributed by atoms with E-state index in [1.54, 1.807) is 72.8 Å². The van der Waals surface area contributed by atoms with Crippen molar-refractivity contribution in [2.24, 2.45) is 4.99 Å². The van der Waals surface area contributed by atoms with E-state index in [0.29, 0.717) is 22.1 Å². The Morgan fingerprint density at radius 1 is 1.00 bits per heavy atom. The Hall–Kier alpha value is -5.23. The summed E-state index contributed by atoms with van der Waals surface area (Å²) in [4.78, 5) is 31.1. The molecule has 0 unspecified atom stereocenters. The zero-order valence-corrected chi connectivity index (χ0v) is 25.8. The number of alkyl halides is 3. The summed E-state index contributed by atoms with van der Waals surface area (Å²) in [6.07, 6.45) is -3.51. The highest BCUT2D eigenvalue weighted by Crippen LogP contribution is 2.43. The number of methoxy groups -OCH3 is 1. The highest BCUT2D eigenvalue weighted by atomic mass is 32.1. The Balaban J connectivity index is 1.50. The van der Waals surface area contributed by atoms with Crippen molar-refractivity contribution in [1.82, 2.24) is 4.57 Å². The molecule has 0 spiro atoms. The molecule has 1 aromatic heterocycles. The molecule has 7 nitrogen and oxygen atoms in total. The van der Waals surface area contributed by atoms with Crippen molar-refractivity contribution in [1.29, 1.82) is 0 Å². The van der Waals surface area contributed by atoms with Gasteiger partial charge >= 0.3 is 12.1 Å². The van der Waals surface area contributed by atoms with Crippen molar-refractivity contribution in [2.75, 3.05) is 13.7 Å². The smallest absolute Gasteiger partial charge is 0.434 e. The predicted octanol–water partition coefficient (Wildman–Crippen LogP) is 6.22. The lowest BCUT2D eigenvalue weighted by Crippen LogP contribution is -2.41. The molecule has 0 amide bonds. The van der Waals surface area contributed by atoms with Crippen LogP contribution in [0.4, 0.5) is 17.6 Å². The van der Waals surface area contributed by atoms with Crippen molar-refractivity contribution in [3.8, 4) is 11.5 Å². The summed E-state index contributed by atoms with van der Waals surface area (Å²) in [5.41, 5.74) is -1.35. The van der Waals surface area contributed by atoms with E-state index >= 15 is 0 Å². The molecule has 6 rings (SSSR count). The van der Waals surface area contributed by atoms with Crippen LogP contribution in [-0.4, -0.2) is 30.4 Å². The SMILES string of the molecule is CCOC(=O)C1=C(C(F)(F)F)N=c2s/c(=C\c3ccc(OCc4ccc(F)cc4)cc3)c(=O)n2[C@@H]1c1c(OC)ccc2ccccc12. The van der Waals surface area contributed by atoms with E-state index in [1.807, 2.05) is 0 Å². The van der Waals surface area contributed by atoms with E-state index in [2.05, 4.69) is 4.99 Å². The van der Waals surface area contributed by atoms with Crippen LogP contribution in [0.1, 0.15) is 29.7 Å². The molecule has 12 heteroatoms. The number of fused-ring (bicyclic) bond motifs is 2. The van der Waals surface area contributed by atoms with Gasteiger partial charge in [0.1, 0.15) is 30.0 Å². The molecule has 0 bridgehead atoms. The molecule has 2 heterocycles. The topological polar surface area (TPSA) is 79.1 Å². The fourth-order valence-corrected chi connectivity index (χ4v) is 6.41. The normalized spacial score (nSPS) is 14.9. The van der Waals surface area contributed by atoms with Gasteiger partial charge in [-0.25, -0.2) is 14.2 Å². The first kappa shape index (κ1) is 31.7. The number of halogens is 4. The van der Waals surface area contributed by atoms with Crippen LogP contribution in [0.2, 0.25) is 0 Å². The largest absolute Gasteiger partial charge is 0.496 e. The van der Waals surface area contributed by atoms with Crippen LogP contribution < -0.4 is 24.4 Å². The summed E-state index contributed by atoms with van der Waals surface area (Å²) in [7, 11) is 1.36. The van der Waals surface area contributed by atoms with E-state index in [9.17, 15) is 27.2 Å². The maximum Gasteiger partial charge on any atom is 0.434 e. The fourth-order valence-electron chi connectivity index (χ4n) is 5.41. The Bertz CT molecular complexity index is 2190. The summed E-state index contributed by atoms with van der Waals surface area (Å²) in [6, 6.07) is 21.3. The highest BCUT2D eigenvalue weighted by molar-refractivity contribution is 7.07. The fraction of sp³-hybridized carbons (Fsp3) is 0.171. The first-order valence-corrected chi connectivity index (χ1v) is 15.2. The molecular weight excluding hydrogens is 636 g/mol. The van der Waals surface area contributed by atoms with Gasteiger partial charge < -0.3 is 14.2 Å². The van der Waals surface area contributed by atoms with Crippen LogP contribution in [0.25, 0.3) is 16.8 Å². The zero-order chi connectivity index (χ0) is 33.3. The van der Waals surface area contributed by atoms with Gasteiger partial charge in [-0.05, 0) is 65.2 Å². The molecule has 0 saturated heterocycles. The van der Waals surface area contributed by atoms with Crippen LogP contribution in [-0.2, 0) is 16.1 Å². The van der Waals surface area contributed by atoms with Crippen LogP contribution in [0.3, 0.4) is 0 Å². The van der Waals surface area contributed by atoms with Crippen LogP contribution in [0.5, 0.6) is 11.5 Å². The minimum Gasteiger partial charge on any atom is -0.496 e. The number of rotatable bonds is 8. The number of thiazole rings is 1. The number of nitrogens with zero attached hydrogens (tertiary/aromatic N) is 2. The average Bonchev–Trinajstić information content (AvgIpc) is 3.37. The zero-order valence-electron chi connectivity index (χ0n) is 25.0. The van der Waals surface area contributed by atoms with Crippen molar-refractivity contribution < 1.29 is 36.6 Å². The van der Waals surface area contributed by atoms with Crippen molar-refractivity contribution in [3.63, 3.8) is 0 Å². The lowest BCUT2D eigenvalue weighted by Gasteiger charge is -2.28. The third kappa shape index (κ3) is 6.28. The minimum absolute atomic E-state index is 0.0968. The van der Waals surface area contributed by atoms with Crippen molar-refractivity contribution in [3.05, 3.63) is 138 Å². The molecule has 5 aromatic rings. The summed E-state index contributed by atoms with van der Waals surface area (Å²) >= 11 is 0.773. The van der Waals surface area contributed by atoms with Gasteiger partial charge in [0.2, 0.25) is 0 Å². The monoisotopic (exact) mass is 662 g/mol. The first-order valence-electron chi connectivity index (χ1n) is 14.4. The number of aromatic nitrogens is 1. The predicted molar refractivity (Wildman–Crippen MR) is 168 cm³/mol. The molecular formula is C35H26F4N2O5S. The molecule has 1 aliphatic rings. The molecule has 0 radical (unpaired) electrons. The van der Waals surface area contributed by atoms with Gasteiger partial charge in [0.25, 0.3) is 5.56 Å². The summed E-state index contributed by atoms with van der Waals surface area (Å²) in [5, 5.41) is 1.16.